The Bertz CT molecular complexity index is 2130. The Morgan fingerprint density at radius 2 is 1.82 bits per heavy atom. The van der Waals surface area contributed by atoms with E-state index in [2.05, 4.69) is 22.5 Å². The molecule has 218 valence electrons. The Balaban J connectivity index is 1.49. The van der Waals surface area contributed by atoms with Crippen molar-refractivity contribution in [2.24, 2.45) is 0 Å². The Hall–Kier alpha value is -4.60. The SMILES string of the molecule is O=Cc1ccc(C2=CC(c3c(-c4cccc5nonc45)c4cc(F)ccc4n3Sc3ccc(C(F)F)cc3)=CCC2)c(Cl)c1. The summed E-state index contributed by atoms with van der Waals surface area (Å²) in [5.74, 6) is -0.407. The van der Waals surface area contributed by atoms with Crippen molar-refractivity contribution in [1.82, 2.24) is 14.3 Å². The van der Waals surface area contributed by atoms with Crippen molar-refractivity contribution in [1.29, 1.82) is 0 Å². The number of carbonyl (C=O) groups is 1. The first-order chi connectivity index (χ1) is 21.4. The fourth-order valence-electron chi connectivity index (χ4n) is 5.60. The number of hydrogen-bond donors (Lipinski definition) is 0. The number of allylic oxidation sites excluding steroid dienone is 4. The van der Waals surface area contributed by atoms with Crippen LogP contribution >= 0.6 is 23.5 Å². The van der Waals surface area contributed by atoms with E-state index in [9.17, 15) is 18.0 Å². The molecule has 0 amide bonds. The summed E-state index contributed by atoms with van der Waals surface area (Å²) in [7, 11) is 0. The van der Waals surface area contributed by atoms with E-state index in [4.69, 9.17) is 16.2 Å². The van der Waals surface area contributed by atoms with E-state index in [1.807, 2.05) is 22.2 Å². The van der Waals surface area contributed by atoms with Crippen molar-refractivity contribution in [3.8, 4) is 11.1 Å². The molecule has 0 aliphatic heterocycles. The van der Waals surface area contributed by atoms with Crippen LogP contribution in [-0.2, 0) is 0 Å². The third-order valence-corrected chi connectivity index (χ3v) is 8.98. The highest BCUT2D eigenvalue weighted by Gasteiger charge is 2.26. The number of hydrogen-bond acceptors (Lipinski definition) is 5. The van der Waals surface area contributed by atoms with Gasteiger partial charge in [-0.05, 0) is 100 Å². The molecule has 0 N–H and O–H groups in total. The molecule has 0 bridgehead atoms. The van der Waals surface area contributed by atoms with Gasteiger partial charge in [-0.15, -0.1) is 0 Å². The molecule has 0 saturated carbocycles. The molecule has 0 spiro atoms. The maximum atomic E-state index is 14.9. The summed E-state index contributed by atoms with van der Waals surface area (Å²) in [6.07, 6.45) is 3.77. The summed E-state index contributed by atoms with van der Waals surface area (Å²) in [5.41, 5.74) is 7.07. The van der Waals surface area contributed by atoms with E-state index in [1.165, 1.54) is 36.2 Å². The van der Waals surface area contributed by atoms with Crippen LogP contribution in [0.1, 0.15) is 46.4 Å². The molecular weight excluding hydrogens is 607 g/mol. The zero-order chi connectivity index (χ0) is 30.4. The zero-order valence-electron chi connectivity index (χ0n) is 22.8. The zero-order valence-corrected chi connectivity index (χ0v) is 24.4. The highest BCUT2D eigenvalue weighted by Crippen LogP contribution is 2.46. The Labute approximate surface area is 258 Å². The van der Waals surface area contributed by atoms with Crippen LogP contribution in [0.4, 0.5) is 13.2 Å². The highest BCUT2D eigenvalue weighted by molar-refractivity contribution is 7.98. The monoisotopic (exact) mass is 627 g/mol. The molecule has 0 radical (unpaired) electrons. The number of aldehydes is 1. The van der Waals surface area contributed by atoms with Gasteiger partial charge in [0.15, 0.2) is 0 Å². The van der Waals surface area contributed by atoms with Gasteiger partial charge in [0.2, 0.25) is 0 Å². The van der Waals surface area contributed by atoms with Gasteiger partial charge in [0.1, 0.15) is 23.1 Å². The number of halogens is 4. The molecule has 4 aromatic carbocycles. The second-order valence-electron chi connectivity index (χ2n) is 10.3. The van der Waals surface area contributed by atoms with Gasteiger partial charge >= 0.3 is 0 Å². The lowest BCUT2D eigenvalue weighted by Gasteiger charge is -2.19. The lowest BCUT2D eigenvalue weighted by atomic mass is 9.89. The summed E-state index contributed by atoms with van der Waals surface area (Å²) >= 11 is 7.97. The number of benzene rings is 4. The maximum Gasteiger partial charge on any atom is 0.263 e. The third kappa shape index (κ3) is 5.02. The van der Waals surface area contributed by atoms with Crippen LogP contribution in [0.25, 0.3) is 44.2 Å². The van der Waals surface area contributed by atoms with Crippen LogP contribution in [0.2, 0.25) is 5.02 Å². The molecule has 1 aliphatic rings. The first-order valence-corrected chi connectivity index (χ1v) is 14.8. The molecular formula is C34H21ClF3N3O2S. The Kier molecular flexibility index (Phi) is 7.35. The molecule has 2 aromatic heterocycles. The van der Waals surface area contributed by atoms with Crippen molar-refractivity contribution in [2.75, 3.05) is 0 Å². The maximum absolute atomic E-state index is 14.9. The second kappa shape index (κ2) is 11.5. The van der Waals surface area contributed by atoms with Crippen LogP contribution in [0.15, 0.2) is 101 Å². The fraction of sp³-hybridized carbons (Fsp3) is 0.0882. The van der Waals surface area contributed by atoms with E-state index in [-0.39, 0.29) is 5.56 Å². The summed E-state index contributed by atoms with van der Waals surface area (Å²) < 4.78 is 48.6. The predicted molar refractivity (Wildman–Crippen MR) is 167 cm³/mol. The molecule has 0 atom stereocenters. The number of rotatable bonds is 7. The number of nitrogens with zero attached hydrogens (tertiary/aromatic N) is 3. The van der Waals surface area contributed by atoms with E-state index in [0.29, 0.717) is 39.0 Å². The number of fused-ring (bicyclic) bond motifs is 2. The third-order valence-electron chi connectivity index (χ3n) is 7.63. The van der Waals surface area contributed by atoms with Crippen LogP contribution in [0, 0.1) is 5.82 Å². The molecule has 0 saturated heterocycles. The van der Waals surface area contributed by atoms with Gasteiger partial charge in [-0.2, -0.15) is 0 Å². The molecule has 1 aliphatic carbocycles. The standard InChI is InChI=1S/C34H21ClF3N3O2S/c35-28-15-19(18-42)7-13-25(28)21-3-1-4-22(16-21)33-31(26-5-2-6-29-32(26)40-43-39-29)27-17-23(36)10-14-30(27)41(33)44-24-11-8-20(9-12-24)34(37)38/h2,4-18,34H,1,3H2. The van der Waals surface area contributed by atoms with Crippen LogP contribution in [0.5, 0.6) is 0 Å². The lowest BCUT2D eigenvalue weighted by molar-refractivity contribution is 0.112. The average molecular weight is 628 g/mol. The molecule has 0 fully saturated rings. The predicted octanol–water partition coefficient (Wildman–Crippen LogP) is 10.2. The summed E-state index contributed by atoms with van der Waals surface area (Å²) in [6.45, 7) is 0. The molecule has 0 unspecified atom stereocenters. The molecule has 44 heavy (non-hydrogen) atoms. The van der Waals surface area contributed by atoms with Gasteiger partial charge < -0.3 is 0 Å². The van der Waals surface area contributed by atoms with Gasteiger partial charge in [-0.1, -0.05) is 54.1 Å². The molecule has 6 aromatic rings. The smallest absolute Gasteiger partial charge is 0.263 e. The van der Waals surface area contributed by atoms with Crippen molar-refractivity contribution >= 4 is 62.9 Å². The van der Waals surface area contributed by atoms with E-state index in [1.54, 1.807) is 36.4 Å². The van der Waals surface area contributed by atoms with Crippen molar-refractivity contribution in [2.45, 2.75) is 24.2 Å². The summed E-state index contributed by atoms with van der Waals surface area (Å²) in [5, 5.41) is 9.30. The van der Waals surface area contributed by atoms with Gasteiger partial charge in [0.05, 0.1) is 11.2 Å². The number of aromatic nitrogens is 3. The van der Waals surface area contributed by atoms with Crippen LogP contribution in [0.3, 0.4) is 0 Å². The minimum absolute atomic E-state index is 0.0695. The first-order valence-electron chi connectivity index (χ1n) is 13.7. The molecule has 5 nitrogen and oxygen atoms in total. The van der Waals surface area contributed by atoms with Gasteiger partial charge in [0, 0.05) is 37.6 Å². The topological polar surface area (TPSA) is 60.9 Å². The van der Waals surface area contributed by atoms with Crippen LogP contribution < -0.4 is 0 Å². The first kappa shape index (κ1) is 28.2. The van der Waals surface area contributed by atoms with Crippen molar-refractivity contribution < 1.29 is 22.6 Å². The summed E-state index contributed by atoms with van der Waals surface area (Å²) in [6, 6.07) is 21.5. The largest absolute Gasteiger partial charge is 0.298 e. The average Bonchev–Trinajstić information content (AvgIpc) is 3.64. The highest BCUT2D eigenvalue weighted by atomic mass is 35.5. The van der Waals surface area contributed by atoms with Crippen LogP contribution in [-0.4, -0.2) is 20.6 Å². The minimum atomic E-state index is -2.58. The second-order valence-corrected chi connectivity index (χ2v) is 11.7. The molecule has 2 heterocycles. The van der Waals surface area contributed by atoms with Gasteiger partial charge in [-0.25, -0.2) is 17.8 Å². The Morgan fingerprint density at radius 1 is 0.977 bits per heavy atom. The lowest BCUT2D eigenvalue weighted by Crippen LogP contribution is -2.00. The summed E-state index contributed by atoms with van der Waals surface area (Å²) in [4.78, 5) is 12.0. The number of alkyl halides is 2. The van der Waals surface area contributed by atoms with Gasteiger partial charge in [0.25, 0.3) is 6.43 Å². The minimum Gasteiger partial charge on any atom is -0.298 e. The molecule has 7 rings (SSSR count). The number of carbonyl (C=O) groups excluding carboxylic acids is 1. The Morgan fingerprint density at radius 3 is 2.59 bits per heavy atom. The van der Waals surface area contributed by atoms with Crippen molar-refractivity contribution in [3.05, 3.63) is 124 Å². The normalized spacial score (nSPS) is 13.5. The van der Waals surface area contributed by atoms with E-state index >= 15 is 0 Å². The van der Waals surface area contributed by atoms with Gasteiger partial charge in [-0.3, -0.25) is 8.77 Å². The van der Waals surface area contributed by atoms with E-state index in [0.717, 1.165) is 51.1 Å². The van der Waals surface area contributed by atoms with Crippen molar-refractivity contribution in [3.63, 3.8) is 0 Å². The molecule has 10 heteroatoms. The quantitative estimate of drug-likeness (QED) is 0.165. The van der Waals surface area contributed by atoms with E-state index < -0.39 is 12.2 Å². The fourth-order valence-corrected chi connectivity index (χ4v) is 6.92.